The van der Waals surface area contributed by atoms with E-state index < -0.39 is 17.8 Å². The van der Waals surface area contributed by atoms with Gasteiger partial charge < -0.3 is 10.1 Å². The summed E-state index contributed by atoms with van der Waals surface area (Å²) in [6.07, 6.45) is 0. The number of hydrogen-bond donors (Lipinski definition) is 1. The Labute approximate surface area is 204 Å². The van der Waals surface area contributed by atoms with Crippen LogP contribution in [0.1, 0.15) is 15.9 Å². The molecule has 1 N–H and O–H groups in total. The summed E-state index contributed by atoms with van der Waals surface area (Å²) in [5.74, 6) is -1.42. The number of imide groups is 1. The summed E-state index contributed by atoms with van der Waals surface area (Å²) >= 11 is 18.1. The molecule has 1 heterocycles. The van der Waals surface area contributed by atoms with E-state index in [1.807, 2.05) is 13.0 Å². The normalized spacial score (nSPS) is 13.5. The van der Waals surface area contributed by atoms with Crippen LogP contribution in [0.2, 0.25) is 10.0 Å². The summed E-state index contributed by atoms with van der Waals surface area (Å²) in [5, 5.41) is 3.06. The van der Waals surface area contributed by atoms with Crippen molar-refractivity contribution >= 4 is 64.0 Å². The van der Waals surface area contributed by atoms with Crippen LogP contribution in [-0.2, 0) is 9.59 Å². The number of anilines is 2. The highest BCUT2D eigenvalue weighted by atomic mass is 35.5. The lowest BCUT2D eigenvalue weighted by Gasteiger charge is -2.15. The lowest BCUT2D eigenvalue weighted by Crippen LogP contribution is -2.32. The van der Waals surface area contributed by atoms with Crippen LogP contribution < -0.4 is 15.0 Å². The molecule has 0 atom stereocenters. The van der Waals surface area contributed by atoms with Crippen molar-refractivity contribution in [1.82, 2.24) is 0 Å². The van der Waals surface area contributed by atoms with E-state index in [4.69, 9.17) is 39.5 Å². The minimum atomic E-state index is -0.694. The summed E-state index contributed by atoms with van der Waals surface area (Å²) in [6, 6.07) is 17.7. The van der Waals surface area contributed by atoms with Gasteiger partial charge in [-0.1, -0.05) is 46.9 Å². The minimum absolute atomic E-state index is 0.0946. The predicted molar refractivity (Wildman–Crippen MR) is 128 cm³/mol. The molecule has 3 aromatic carbocycles. The molecule has 2 amide bonds. The molecule has 1 aliphatic heterocycles. The number of nitrogens with one attached hydrogen (secondary N) is 1. The molecule has 3 aromatic rings. The SMILES string of the molecule is Cc1cccc(OC(=O)c2ccc(NC3=C(Cl)C(=O)N(c4ccc(Cl)c(Cl)c4)C3=O)cc2)c1. The zero-order valence-electron chi connectivity index (χ0n) is 17.1. The number of ether oxygens (including phenoxy) is 1. The quantitative estimate of drug-likeness (QED) is 0.265. The van der Waals surface area contributed by atoms with Gasteiger partial charge in [0.05, 0.1) is 21.3 Å². The van der Waals surface area contributed by atoms with Crippen LogP contribution in [0.4, 0.5) is 11.4 Å². The zero-order chi connectivity index (χ0) is 23.7. The Bertz CT molecular complexity index is 1320. The van der Waals surface area contributed by atoms with Crippen LogP contribution in [0.15, 0.2) is 77.5 Å². The Hall–Kier alpha value is -3.32. The van der Waals surface area contributed by atoms with E-state index in [9.17, 15) is 14.4 Å². The highest BCUT2D eigenvalue weighted by Crippen LogP contribution is 2.33. The first-order valence-corrected chi connectivity index (χ1v) is 10.8. The van der Waals surface area contributed by atoms with Gasteiger partial charge in [-0.3, -0.25) is 9.59 Å². The molecule has 33 heavy (non-hydrogen) atoms. The average molecular weight is 502 g/mol. The summed E-state index contributed by atoms with van der Waals surface area (Å²) in [7, 11) is 0. The van der Waals surface area contributed by atoms with Crippen LogP contribution in [0.25, 0.3) is 0 Å². The maximum atomic E-state index is 12.9. The van der Waals surface area contributed by atoms with Gasteiger partial charge in [-0.25, -0.2) is 9.69 Å². The largest absolute Gasteiger partial charge is 0.423 e. The maximum Gasteiger partial charge on any atom is 0.343 e. The van der Waals surface area contributed by atoms with E-state index in [-0.39, 0.29) is 26.5 Å². The van der Waals surface area contributed by atoms with E-state index in [0.717, 1.165) is 10.5 Å². The second kappa shape index (κ2) is 9.27. The van der Waals surface area contributed by atoms with Gasteiger partial charge in [0.1, 0.15) is 16.5 Å². The molecule has 0 saturated carbocycles. The predicted octanol–water partition coefficient (Wildman–Crippen LogP) is 5.96. The lowest BCUT2D eigenvalue weighted by molar-refractivity contribution is -0.120. The molecule has 0 aromatic heterocycles. The second-order valence-electron chi connectivity index (χ2n) is 7.14. The van der Waals surface area contributed by atoms with Crippen molar-refractivity contribution < 1.29 is 19.1 Å². The average Bonchev–Trinajstić information content (AvgIpc) is 2.99. The Morgan fingerprint density at radius 3 is 2.27 bits per heavy atom. The van der Waals surface area contributed by atoms with Gasteiger partial charge in [-0.05, 0) is 67.1 Å². The Morgan fingerprint density at radius 2 is 1.61 bits per heavy atom. The fourth-order valence-corrected chi connectivity index (χ4v) is 3.65. The maximum absolute atomic E-state index is 12.9. The number of carbonyl (C=O) groups is 3. The number of rotatable bonds is 5. The van der Waals surface area contributed by atoms with E-state index in [1.54, 1.807) is 30.3 Å². The van der Waals surface area contributed by atoms with Crippen LogP contribution in [0.3, 0.4) is 0 Å². The molecule has 0 spiro atoms. The summed E-state index contributed by atoms with van der Waals surface area (Å²) in [6.45, 7) is 1.90. The van der Waals surface area contributed by atoms with Crippen molar-refractivity contribution in [3.8, 4) is 5.75 Å². The van der Waals surface area contributed by atoms with Gasteiger partial charge in [0.15, 0.2) is 0 Å². The molecule has 0 aliphatic carbocycles. The fraction of sp³-hybridized carbons (Fsp3) is 0.0417. The molecule has 9 heteroatoms. The third kappa shape index (κ3) is 4.73. The van der Waals surface area contributed by atoms with Crippen molar-refractivity contribution in [1.29, 1.82) is 0 Å². The van der Waals surface area contributed by atoms with Gasteiger partial charge in [-0.15, -0.1) is 0 Å². The van der Waals surface area contributed by atoms with Crippen molar-refractivity contribution in [3.63, 3.8) is 0 Å². The first-order valence-electron chi connectivity index (χ1n) is 9.64. The Balaban J connectivity index is 1.49. The summed E-state index contributed by atoms with van der Waals surface area (Å²) in [5.41, 5.74) is 1.88. The Kier molecular flexibility index (Phi) is 6.42. The van der Waals surface area contributed by atoms with Gasteiger partial charge >= 0.3 is 5.97 Å². The number of benzene rings is 3. The molecule has 0 fully saturated rings. The van der Waals surface area contributed by atoms with E-state index in [0.29, 0.717) is 17.0 Å². The molecule has 4 rings (SSSR count). The van der Waals surface area contributed by atoms with Crippen molar-refractivity contribution in [3.05, 3.63) is 98.6 Å². The second-order valence-corrected chi connectivity index (χ2v) is 8.33. The van der Waals surface area contributed by atoms with Crippen LogP contribution in [0.5, 0.6) is 5.75 Å². The highest BCUT2D eigenvalue weighted by molar-refractivity contribution is 6.53. The van der Waals surface area contributed by atoms with Crippen LogP contribution in [-0.4, -0.2) is 17.8 Å². The molecule has 0 radical (unpaired) electrons. The van der Waals surface area contributed by atoms with Crippen LogP contribution in [0, 0.1) is 6.92 Å². The fourth-order valence-electron chi connectivity index (χ4n) is 3.15. The van der Waals surface area contributed by atoms with Gasteiger partial charge in [0.2, 0.25) is 0 Å². The molecule has 1 aliphatic rings. The molecule has 6 nitrogen and oxygen atoms in total. The molecule has 0 unspecified atom stereocenters. The number of hydrogen-bond acceptors (Lipinski definition) is 5. The molecule has 0 saturated heterocycles. The van der Waals surface area contributed by atoms with Gasteiger partial charge in [-0.2, -0.15) is 0 Å². The first-order chi connectivity index (χ1) is 15.7. The topological polar surface area (TPSA) is 75.7 Å². The minimum Gasteiger partial charge on any atom is -0.423 e. The zero-order valence-corrected chi connectivity index (χ0v) is 19.3. The van der Waals surface area contributed by atoms with E-state index >= 15 is 0 Å². The molecule has 0 bridgehead atoms. The number of aryl methyl sites for hydroxylation is 1. The third-order valence-electron chi connectivity index (χ3n) is 4.78. The number of amides is 2. The van der Waals surface area contributed by atoms with E-state index in [2.05, 4.69) is 5.32 Å². The van der Waals surface area contributed by atoms with Crippen molar-refractivity contribution in [2.75, 3.05) is 10.2 Å². The van der Waals surface area contributed by atoms with Crippen LogP contribution >= 0.6 is 34.8 Å². The number of esters is 1. The monoisotopic (exact) mass is 500 g/mol. The van der Waals surface area contributed by atoms with Gasteiger partial charge in [0, 0.05) is 5.69 Å². The smallest absolute Gasteiger partial charge is 0.343 e. The number of nitrogens with zero attached hydrogens (tertiary/aromatic N) is 1. The summed E-state index contributed by atoms with van der Waals surface area (Å²) < 4.78 is 5.37. The molecule has 166 valence electrons. The lowest BCUT2D eigenvalue weighted by atomic mass is 10.2. The van der Waals surface area contributed by atoms with E-state index in [1.165, 1.54) is 30.3 Å². The molecular weight excluding hydrogens is 487 g/mol. The Morgan fingerprint density at radius 1 is 0.879 bits per heavy atom. The highest BCUT2D eigenvalue weighted by Gasteiger charge is 2.39. The standard InChI is InChI=1S/C24H15Cl3N2O4/c1-13-3-2-4-17(11-13)33-24(32)14-5-7-15(8-6-14)28-21-20(27)22(30)29(23(21)31)16-9-10-18(25)19(26)12-16/h2-12,28H,1H3. The first kappa shape index (κ1) is 22.9. The number of halogens is 3. The third-order valence-corrected chi connectivity index (χ3v) is 5.87. The van der Waals surface area contributed by atoms with Crippen molar-refractivity contribution in [2.24, 2.45) is 0 Å². The summed E-state index contributed by atoms with van der Waals surface area (Å²) in [4.78, 5) is 38.8. The number of carbonyl (C=O) groups excluding carboxylic acids is 3. The van der Waals surface area contributed by atoms with Gasteiger partial charge in [0.25, 0.3) is 11.8 Å². The molecular formula is C24H15Cl3N2O4. The van der Waals surface area contributed by atoms with Crippen molar-refractivity contribution in [2.45, 2.75) is 6.92 Å².